The largest absolute Gasteiger partial charge is 0.327 e. The molecule has 0 N–H and O–H groups in total. The molecule has 0 spiro atoms. The Balaban J connectivity index is 2.77. The summed E-state index contributed by atoms with van der Waals surface area (Å²) in [7, 11) is 0. The van der Waals surface area contributed by atoms with Crippen LogP contribution in [0.2, 0.25) is 0 Å². The molecule has 1 aliphatic heterocycles. The number of urea groups is 1. The van der Waals surface area contributed by atoms with Gasteiger partial charge in [-0.3, -0.25) is 9.69 Å². The van der Waals surface area contributed by atoms with Gasteiger partial charge in [-0.25, -0.2) is 4.79 Å². The van der Waals surface area contributed by atoms with Crippen molar-refractivity contribution >= 4 is 11.9 Å². The number of carbonyl (C=O) groups excluding carboxylic acids is 2. The van der Waals surface area contributed by atoms with Crippen molar-refractivity contribution in [3.8, 4) is 0 Å². The van der Waals surface area contributed by atoms with Gasteiger partial charge in [0.2, 0.25) is 5.91 Å². The van der Waals surface area contributed by atoms with E-state index in [4.69, 9.17) is 0 Å². The van der Waals surface area contributed by atoms with E-state index in [1.165, 1.54) is 4.90 Å². The Morgan fingerprint density at radius 2 is 2.14 bits per heavy atom. The van der Waals surface area contributed by atoms with Gasteiger partial charge in [0.1, 0.15) is 0 Å². The molecule has 0 aromatic heterocycles. The third-order valence-electron chi connectivity index (χ3n) is 2.21. The van der Waals surface area contributed by atoms with E-state index in [0.29, 0.717) is 19.5 Å². The van der Waals surface area contributed by atoms with Gasteiger partial charge in [0, 0.05) is 25.6 Å². The number of hydrogen-bond donors (Lipinski definition) is 0. The van der Waals surface area contributed by atoms with Crippen LogP contribution in [-0.4, -0.2) is 40.9 Å². The van der Waals surface area contributed by atoms with E-state index in [1.54, 1.807) is 11.0 Å². The molecular weight excluding hydrogens is 180 g/mol. The fraction of sp³-hybridized carbons (Fsp3) is 0.600. The first-order chi connectivity index (χ1) is 6.57. The Labute approximate surface area is 84.2 Å². The zero-order valence-corrected chi connectivity index (χ0v) is 8.69. The summed E-state index contributed by atoms with van der Waals surface area (Å²) in [5.41, 5.74) is 0. The lowest BCUT2D eigenvalue weighted by Gasteiger charge is -2.35. The van der Waals surface area contributed by atoms with Crippen LogP contribution in [0.15, 0.2) is 12.7 Å². The SMILES string of the molecule is C=CCN1CCC(=O)N(C(C)C)C1=O. The first-order valence-electron chi connectivity index (χ1n) is 4.79. The van der Waals surface area contributed by atoms with Crippen molar-refractivity contribution < 1.29 is 9.59 Å². The molecule has 1 saturated heterocycles. The third kappa shape index (κ3) is 1.95. The van der Waals surface area contributed by atoms with Crippen LogP contribution in [-0.2, 0) is 4.79 Å². The van der Waals surface area contributed by atoms with Gasteiger partial charge in [-0.2, -0.15) is 0 Å². The summed E-state index contributed by atoms with van der Waals surface area (Å²) < 4.78 is 0. The molecule has 0 aliphatic carbocycles. The lowest BCUT2D eigenvalue weighted by Crippen LogP contribution is -2.54. The molecule has 1 rings (SSSR count). The summed E-state index contributed by atoms with van der Waals surface area (Å²) in [5, 5.41) is 0. The van der Waals surface area contributed by atoms with E-state index in [-0.39, 0.29) is 18.0 Å². The number of rotatable bonds is 3. The zero-order valence-electron chi connectivity index (χ0n) is 8.69. The van der Waals surface area contributed by atoms with Gasteiger partial charge in [-0.1, -0.05) is 6.08 Å². The van der Waals surface area contributed by atoms with Gasteiger partial charge in [0.15, 0.2) is 0 Å². The van der Waals surface area contributed by atoms with Gasteiger partial charge >= 0.3 is 6.03 Å². The summed E-state index contributed by atoms with van der Waals surface area (Å²) in [6.07, 6.45) is 2.09. The summed E-state index contributed by atoms with van der Waals surface area (Å²) >= 11 is 0. The predicted molar refractivity (Wildman–Crippen MR) is 53.8 cm³/mol. The molecule has 1 fully saturated rings. The zero-order chi connectivity index (χ0) is 10.7. The lowest BCUT2D eigenvalue weighted by molar-refractivity contribution is -0.132. The molecule has 0 atom stereocenters. The Bertz CT molecular complexity index is 261. The summed E-state index contributed by atoms with van der Waals surface area (Å²) in [6.45, 7) is 8.28. The molecule has 0 bridgehead atoms. The Morgan fingerprint density at radius 1 is 1.50 bits per heavy atom. The van der Waals surface area contributed by atoms with E-state index < -0.39 is 0 Å². The van der Waals surface area contributed by atoms with Crippen molar-refractivity contribution in [2.45, 2.75) is 26.3 Å². The standard InChI is InChI=1S/C10H16N2O2/c1-4-6-11-7-5-9(13)12(8(2)3)10(11)14/h4,8H,1,5-7H2,2-3H3. The second-order valence-electron chi connectivity index (χ2n) is 3.62. The summed E-state index contributed by atoms with van der Waals surface area (Å²) in [5.74, 6) is -0.0784. The fourth-order valence-electron chi connectivity index (χ4n) is 1.54. The van der Waals surface area contributed by atoms with E-state index in [9.17, 15) is 9.59 Å². The molecule has 1 heterocycles. The van der Waals surface area contributed by atoms with Crippen LogP contribution >= 0.6 is 0 Å². The number of imide groups is 1. The van der Waals surface area contributed by atoms with E-state index in [2.05, 4.69) is 6.58 Å². The predicted octanol–water partition coefficient (Wildman–Crippen LogP) is 1.24. The maximum Gasteiger partial charge on any atom is 0.327 e. The topological polar surface area (TPSA) is 40.6 Å². The average Bonchev–Trinajstić information content (AvgIpc) is 2.10. The van der Waals surface area contributed by atoms with E-state index in [0.717, 1.165) is 0 Å². The van der Waals surface area contributed by atoms with Crippen molar-refractivity contribution in [2.24, 2.45) is 0 Å². The van der Waals surface area contributed by atoms with Crippen molar-refractivity contribution in [1.29, 1.82) is 0 Å². The van der Waals surface area contributed by atoms with E-state index in [1.807, 2.05) is 13.8 Å². The molecule has 4 heteroatoms. The van der Waals surface area contributed by atoms with Crippen molar-refractivity contribution in [3.63, 3.8) is 0 Å². The Morgan fingerprint density at radius 3 is 2.64 bits per heavy atom. The molecule has 0 radical (unpaired) electrons. The monoisotopic (exact) mass is 196 g/mol. The third-order valence-corrected chi connectivity index (χ3v) is 2.21. The van der Waals surface area contributed by atoms with Crippen LogP contribution < -0.4 is 0 Å². The van der Waals surface area contributed by atoms with Crippen LogP contribution in [0.3, 0.4) is 0 Å². The summed E-state index contributed by atoms with van der Waals surface area (Å²) in [6, 6.07) is -0.265. The highest BCUT2D eigenvalue weighted by Crippen LogP contribution is 2.13. The second kappa shape index (κ2) is 4.26. The molecule has 4 nitrogen and oxygen atoms in total. The normalized spacial score (nSPS) is 17.9. The number of amides is 3. The summed E-state index contributed by atoms with van der Waals surface area (Å²) in [4.78, 5) is 26.1. The molecule has 0 saturated carbocycles. The molecule has 0 aromatic rings. The average molecular weight is 196 g/mol. The highest BCUT2D eigenvalue weighted by atomic mass is 16.2. The molecule has 1 aliphatic rings. The lowest BCUT2D eigenvalue weighted by atomic mass is 10.2. The highest BCUT2D eigenvalue weighted by Gasteiger charge is 2.32. The Hall–Kier alpha value is -1.32. The maximum absolute atomic E-state index is 11.8. The molecule has 0 unspecified atom stereocenters. The number of hydrogen-bond acceptors (Lipinski definition) is 2. The second-order valence-corrected chi connectivity index (χ2v) is 3.62. The number of carbonyl (C=O) groups is 2. The van der Waals surface area contributed by atoms with Crippen LogP contribution in [0, 0.1) is 0 Å². The quantitative estimate of drug-likeness (QED) is 0.637. The van der Waals surface area contributed by atoms with Gasteiger partial charge in [0.25, 0.3) is 0 Å². The Kier molecular flexibility index (Phi) is 3.28. The van der Waals surface area contributed by atoms with Gasteiger partial charge < -0.3 is 4.90 Å². The van der Waals surface area contributed by atoms with Crippen molar-refractivity contribution in [1.82, 2.24) is 9.80 Å². The minimum atomic E-state index is -0.198. The first kappa shape index (κ1) is 10.8. The fourth-order valence-corrected chi connectivity index (χ4v) is 1.54. The molecule has 78 valence electrons. The highest BCUT2D eigenvalue weighted by molar-refractivity contribution is 5.97. The van der Waals surface area contributed by atoms with Crippen molar-refractivity contribution in [3.05, 3.63) is 12.7 Å². The minimum Gasteiger partial charge on any atom is -0.320 e. The maximum atomic E-state index is 11.8. The molecule has 14 heavy (non-hydrogen) atoms. The van der Waals surface area contributed by atoms with Gasteiger partial charge in [-0.05, 0) is 13.8 Å². The molecular formula is C10H16N2O2. The van der Waals surface area contributed by atoms with E-state index >= 15 is 0 Å². The number of nitrogens with zero attached hydrogens (tertiary/aromatic N) is 2. The van der Waals surface area contributed by atoms with Crippen LogP contribution in [0.1, 0.15) is 20.3 Å². The molecule has 0 aromatic carbocycles. The van der Waals surface area contributed by atoms with Crippen molar-refractivity contribution in [2.75, 3.05) is 13.1 Å². The molecule has 3 amide bonds. The van der Waals surface area contributed by atoms with Crippen LogP contribution in [0.25, 0.3) is 0 Å². The smallest absolute Gasteiger partial charge is 0.320 e. The van der Waals surface area contributed by atoms with Gasteiger partial charge in [0.05, 0.1) is 0 Å². The van der Waals surface area contributed by atoms with Gasteiger partial charge in [-0.15, -0.1) is 6.58 Å². The van der Waals surface area contributed by atoms with Crippen LogP contribution in [0.5, 0.6) is 0 Å². The minimum absolute atomic E-state index is 0.0670. The first-order valence-corrected chi connectivity index (χ1v) is 4.79. The van der Waals surface area contributed by atoms with Crippen LogP contribution in [0.4, 0.5) is 4.79 Å².